The largest absolute Gasteiger partial charge is 0.506 e. The number of hydrogen-bond acceptors (Lipinski definition) is 4. The number of carbonyl (C=O) groups is 1. The summed E-state index contributed by atoms with van der Waals surface area (Å²) in [6, 6.07) is 8.68. The molecule has 0 aliphatic heterocycles. The summed E-state index contributed by atoms with van der Waals surface area (Å²) in [7, 11) is 1.75. The van der Waals surface area contributed by atoms with E-state index in [4.69, 9.17) is 5.73 Å². The molecular formula is C19H20N4O2. The first-order valence-electron chi connectivity index (χ1n) is 7.92. The molecule has 0 spiro atoms. The molecule has 6 heteroatoms. The Balaban J connectivity index is 1.79. The van der Waals surface area contributed by atoms with Crippen LogP contribution in [0.3, 0.4) is 0 Å². The maximum atomic E-state index is 12.5. The lowest BCUT2D eigenvalue weighted by Gasteiger charge is -2.23. The van der Waals surface area contributed by atoms with Gasteiger partial charge in [0.25, 0.3) is 0 Å². The Morgan fingerprint density at radius 1 is 1.36 bits per heavy atom. The molecule has 0 fully saturated rings. The Morgan fingerprint density at radius 2 is 2.16 bits per heavy atom. The minimum absolute atomic E-state index is 0.126. The number of H-pyrrole nitrogens is 1. The summed E-state index contributed by atoms with van der Waals surface area (Å²) in [5.41, 5.74) is 7.98. The van der Waals surface area contributed by atoms with Crippen molar-refractivity contribution in [2.24, 2.45) is 0 Å². The highest BCUT2D eigenvalue weighted by molar-refractivity contribution is 5.93. The van der Waals surface area contributed by atoms with Crippen molar-refractivity contribution in [1.82, 2.24) is 14.9 Å². The van der Waals surface area contributed by atoms with Crippen LogP contribution in [0.25, 0.3) is 17.0 Å². The number of anilines is 1. The molecule has 0 bridgehead atoms. The van der Waals surface area contributed by atoms with Crippen LogP contribution in [0.1, 0.15) is 24.1 Å². The number of para-hydroxylation sites is 1. The SMILES string of the molecule is CC(c1c[nH]c2c(O)cccc12)N(C)C(=O)/C=C/c1ccc(N)nc1. The number of hydrogen-bond donors (Lipinski definition) is 3. The lowest BCUT2D eigenvalue weighted by Crippen LogP contribution is -2.27. The highest BCUT2D eigenvalue weighted by Crippen LogP contribution is 2.31. The van der Waals surface area contributed by atoms with Gasteiger partial charge in [0.05, 0.1) is 11.6 Å². The monoisotopic (exact) mass is 336 g/mol. The molecule has 2 heterocycles. The van der Waals surface area contributed by atoms with Gasteiger partial charge in [0.15, 0.2) is 0 Å². The lowest BCUT2D eigenvalue weighted by molar-refractivity contribution is -0.126. The predicted molar refractivity (Wildman–Crippen MR) is 98.8 cm³/mol. The number of rotatable bonds is 4. The van der Waals surface area contributed by atoms with E-state index in [1.54, 1.807) is 48.5 Å². The third-order valence-electron chi connectivity index (χ3n) is 4.33. The molecule has 1 unspecified atom stereocenters. The first-order valence-corrected chi connectivity index (χ1v) is 7.92. The second-order valence-corrected chi connectivity index (χ2v) is 5.92. The van der Waals surface area contributed by atoms with Gasteiger partial charge in [-0.15, -0.1) is 0 Å². The van der Waals surface area contributed by atoms with E-state index in [2.05, 4.69) is 9.97 Å². The number of pyridine rings is 1. The van der Waals surface area contributed by atoms with E-state index >= 15 is 0 Å². The third-order valence-corrected chi connectivity index (χ3v) is 4.33. The van der Waals surface area contributed by atoms with Gasteiger partial charge in [0.2, 0.25) is 5.91 Å². The average Bonchev–Trinajstić information content (AvgIpc) is 3.05. The van der Waals surface area contributed by atoms with Crippen LogP contribution in [-0.2, 0) is 4.79 Å². The van der Waals surface area contributed by atoms with Crippen molar-refractivity contribution in [3.63, 3.8) is 0 Å². The number of nitrogens with one attached hydrogen (secondary N) is 1. The Labute approximate surface area is 145 Å². The average molecular weight is 336 g/mol. The number of aromatic nitrogens is 2. The Morgan fingerprint density at radius 3 is 2.88 bits per heavy atom. The second kappa shape index (κ2) is 6.68. The highest BCUT2D eigenvalue weighted by atomic mass is 16.3. The number of carbonyl (C=O) groups excluding carboxylic acids is 1. The number of nitrogens with two attached hydrogens (primary N) is 1. The minimum atomic E-state index is -0.155. The molecule has 0 aliphatic carbocycles. The number of amides is 1. The number of fused-ring (bicyclic) bond motifs is 1. The van der Waals surface area contributed by atoms with Crippen LogP contribution in [0.4, 0.5) is 5.82 Å². The van der Waals surface area contributed by atoms with Gasteiger partial charge in [-0.25, -0.2) is 4.98 Å². The molecule has 0 saturated carbocycles. The van der Waals surface area contributed by atoms with Crippen LogP contribution in [0.5, 0.6) is 5.75 Å². The number of benzene rings is 1. The van der Waals surface area contributed by atoms with Crippen molar-refractivity contribution in [3.05, 3.63) is 59.9 Å². The number of phenolic OH excluding ortho intramolecular Hbond substituents is 1. The first kappa shape index (κ1) is 16.6. The summed E-state index contributed by atoms with van der Waals surface area (Å²) in [5, 5.41) is 10.8. The quantitative estimate of drug-likeness (QED) is 0.638. The lowest BCUT2D eigenvalue weighted by atomic mass is 10.1. The van der Waals surface area contributed by atoms with Crippen LogP contribution in [-0.4, -0.2) is 32.9 Å². The van der Waals surface area contributed by atoms with E-state index < -0.39 is 0 Å². The molecule has 128 valence electrons. The number of likely N-dealkylation sites (N-methyl/N-ethyl adjacent to an activating group) is 1. The highest BCUT2D eigenvalue weighted by Gasteiger charge is 2.19. The van der Waals surface area contributed by atoms with Crippen molar-refractivity contribution < 1.29 is 9.90 Å². The van der Waals surface area contributed by atoms with Crippen LogP contribution in [0, 0.1) is 0 Å². The van der Waals surface area contributed by atoms with E-state index in [0.717, 1.165) is 16.5 Å². The summed E-state index contributed by atoms with van der Waals surface area (Å²) in [5.74, 6) is 0.510. The van der Waals surface area contributed by atoms with Crippen molar-refractivity contribution >= 4 is 28.7 Å². The Hall–Kier alpha value is -3.28. The molecule has 0 aliphatic rings. The Bertz CT molecular complexity index is 928. The summed E-state index contributed by atoms with van der Waals surface area (Å²) in [6.07, 6.45) is 6.66. The van der Waals surface area contributed by atoms with E-state index in [-0.39, 0.29) is 17.7 Å². The number of aromatic amines is 1. The zero-order chi connectivity index (χ0) is 18.0. The maximum Gasteiger partial charge on any atom is 0.246 e. The molecule has 1 amide bonds. The van der Waals surface area contributed by atoms with Gasteiger partial charge in [0.1, 0.15) is 11.6 Å². The summed E-state index contributed by atoms with van der Waals surface area (Å²) >= 11 is 0. The van der Waals surface area contributed by atoms with Crippen molar-refractivity contribution in [1.29, 1.82) is 0 Å². The molecule has 25 heavy (non-hydrogen) atoms. The predicted octanol–water partition coefficient (Wildman–Crippen LogP) is 3.08. The molecule has 1 aromatic carbocycles. The van der Waals surface area contributed by atoms with E-state index in [0.29, 0.717) is 11.3 Å². The van der Waals surface area contributed by atoms with Crippen LogP contribution in [0.2, 0.25) is 0 Å². The van der Waals surface area contributed by atoms with Crippen LogP contribution < -0.4 is 5.73 Å². The topological polar surface area (TPSA) is 95.2 Å². The van der Waals surface area contributed by atoms with Gasteiger partial charge in [-0.2, -0.15) is 0 Å². The summed E-state index contributed by atoms with van der Waals surface area (Å²) < 4.78 is 0. The van der Waals surface area contributed by atoms with Gasteiger partial charge in [0, 0.05) is 30.9 Å². The van der Waals surface area contributed by atoms with Gasteiger partial charge in [-0.3, -0.25) is 4.79 Å². The molecule has 1 atom stereocenters. The zero-order valence-electron chi connectivity index (χ0n) is 14.1. The fourth-order valence-corrected chi connectivity index (χ4v) is 2.71. The molecule has 3 aromatic rings. The molecule has 4 N–H and O–H groups in total. The number of nitrogen functional groups attached to an aromatic ring is 1. The van der Waals surface area contributed by atoms with Gasteiger partial charge in [-0.1, -0.05) is 12.1 Å². The molecule has 0 radical (unpaired) electrons. The van der Waals surface area contributed by atoms with E-state index in [1.165, 1.54) is 6.08 Å². The van der Waals surface area contributed by atoms with Crippen LogP contribution >= 0.6 is 0 Å². The number of nitrogens with zero attached hydrogens (tertiary/aromatic N) is 2. The minimum Gasteiger partial charge on any atom is -0.506 e. The zero-order valence-corrected chi connectivity index (χ0v) is 14.1. The third kappa shape index (κ3) is 3.33. The molecule has 2 aromatic heterocycles. The first-order chi connectivity index (χ1) is 12.0. The maximum absolute atomic E-state index is 12.5. The van der Waals surface area contributed by atoms with E-state index in [9.17, 15) is 9.90 Å². The number of aromatic hydroxyl groups is 1. The fourth-order valence-electron chi connectivity index (χ4n) is 2.71. The fraction of sp³-hybridized carbons (Fsp3) is 0.158. The van der Waals surface area contributed by atoms with Crippen molar-refractivity contribution in [2.75, 3.05) is 12.8 Å². The summed E-state index contributed by atoms with van der Waals surface area (Å²) in [6.45, 7) is 1.95. The van der Waals surface area contributed by atoms with Crippen LogP contribution in [0.15, 0.2) is 48.8 Å². The smallest absolute Gasteiger partial charge is 0.246 e. The van der Waals surface area contributed by atoms with Crippen molar-refractivity contribution in [2.45, 2.75) is 13.0 Å². The number of phenols is 1. The molecular weight excluding hydrogens is 316 g/mol. The molecule has 0 saturated heterocycles. The molecule has 6 nitrogen and oxygen atoms in total. The Kier molecular flexibility index (Phi) is 4.43. The van der Waals surface area contributed by atoms with E-state index in [1.807, 2.05) is 19.2 Å². The van der Waals surface area contributed by atoms with Gasteiger partial charge >= 0.3 is 0 Å². The van der Waals surface area contributed by atoms with Gasteiger partial charge < -0.3 is 20.7 Å². The second-order valence-electron chi connectivity index (χ2n) is 5.92. The normalized spacial score (nSPS) is 12.6. The molecule has 3 rings (SSSR count). The van der Waals surface area contributed by atoms with Gasteiger partial charge in [-0.05, 0) is 42.3 Å². The summed E-state index contributed by atoms with van der Waals surface area (Å²) in [4.78, 5) is 21.2. The standard InChI is InChI=1S/C19H20N4O2/c1-12(15-11-22-19-14(15)4-3-5-16(19)24)23(2)18(25)9-7-13-6-8-17(20)21-10-13/h3-12,22,24H,1-2H3,(H2,20,21)/b9-7+. The van der Waals surface area contributed by atoms with Crippen molar-refractivity contribution in [3.8, 4) is 5.75 Å².